The topological polar surface area (TPSA) is 152 Å². The molecule has 7 unspecified atom stereocenters. The molecule has 0 aromatic carbocycles. The van der Waals surface area contributed by atoms with E-state index in [0.29, 0.717) is 18.9 Å². The highest BCUT2D eigenvalue weighted by molar-refractivity contribution is 4.97. The Morgan fingerprint density at radius 3 is 1.96 bits per heavy atom. The summed E-state index contributed by atoms with van der Waals surface area (Å²) in [5.74, 6) is -0.509. The molecule has 0 radical (unpaired) electrons. The van der Waals surface area contributed by atoms with Gasteiger partial charge in [-0.05, 0) is 60.3 Å². The number of azide groups is 1. The number of hydrogen-bond donors (Lipinski definition) is 1. The molecule has 54 heavy (non-hydrogen) atoms. The molecular weight excluding hydrogens is 694 g/mol. The summed E-state index contributed by atoms with van der Waals surface area (Å²) in [6, 6.07) is -0.487. The van der Waals surface area contributed by atoms with Crippen LogP contribution in [0.4, 0.5) is 0 Å². The third-order valence-electron chi connectivity index (χ3n) is 14.1. The molecule has 1 N–H and O–H groups in total. The van der Waals surface area contributed by atoms with Crippen molar-refractivity contribution in [2.45, 2.75) is 195 Å². The van der Waals surface area contributed by atoms with Crippen LogP contribution in [0.2, 0.25) is 0 Å². The SMILES string of the molecule is CCC1O[C@H](OC2C(C)[C@H](C)[C@H]([C@@H](C)CC)O[C@@H]2O[C@@H]2C(C)[C@@H](O[C@H]3C([C@H]4COCO4)O[C@](C)(O)C[C@H]3C)OC([C@@H](C)CC)[C@H]2C)C(N=[N+]=[N-])[C@H](C)[C@@H]1C. The van der Waals surface area contributed by atoms with Gasteiger partial charge < -0.3 is 47.7 Å². The summed E-state index contributed by atoms with van der Waals surface area (Å²) in [5, 5.41) is 15.3. The second kappa shape index (κ2) is 18.7. The molecule has 0 aromatic rings. The molecular formula is C41H73N3O10. The summed E-state index contributed by atoms with van der Waals surface area (Å²) in [6.45, 7) is 28.4. The maximum absolute atomic E-state index is 11.0. The van der Waals surface area contributed by atoms with Gasteiger partial charge in [0.05, 0.1) is 43.2 Å². The lowest BCUT2D eigenvalue weighted by Gasteiger charge is -2.53. The Bertz CT molecular complexity index is 1230. The minimum Gasteiger partial charge on any atom is -0.366 e. The van der Waals surface area contributed by atoms with Crippen molar-refractivity contribution in [1.82, 2.24) is 0 Å². The van der Waals surface area contributed by atoms with Gasteiger partial charge in [-0.3, -0.25) is 0 Å². The number of hydrogen-bond acceptors (Lipinski definition) is 11. The van der Waals surface area contributed by atoms with Crippen LogP contribution in [0.1, 0.15) is 116 Å². The van der Waals surface area contributed by atoms with Gasteiger partial charge in [0.15, 0.2) is 24.7 Å². The number of ether oxygens (including phenoxy) is 9. The Balaban J connectivity index is 1.46. The Hall–Kier alpha value is -1.09. The largest absolute Gasteiger partial charge is 0.366 e. The Morgan fingerprint density at radius 2 is 1.37 bits per heavy atom. The van der Waals surface area contributed by atoms with Gasteiger partial charge in [0.25, 0.3) is 0 Å². The lowest BCUT2D eigenvalue weighted by molar-refractivity contribution is -0.374. The van der Waals surface area contributed by atoms with Gasteiger partial charge in [-0.1, -0.05) is 101 Å². The predicted molar refractivity (Wildman–Crippen MR) is 203 cm³/mol. The zero-order valence-electron chi connectivity index (χ0n) is 35.3. The van der Waals surface area contributed by atoms with Crippen LogP contribution in [0.5, 0.6) is 0 Å². The molecule has 5 heterocycles. The smallest absolute Gasteiger partial charge is 0.184 e. The molecule has 5 saturated heterocycles. The second-order valence-corrected chi connectivity index (χ2v) is 17.9. The van der Waals surface area contributed by atoms with Crippen LogP contribution in [-0.2, 0) is 42.6 Å². The molecule has 5 rings (SSSR count). The highest BCUT2D eigenvalue weighted by atomic mass is 16.8. The summed E-state index contributed by atoms with van der Waals surface area (Å²) in [5.41, 5.74) is 9.61. The minimum atomic E-state index is -1.31. The standard InChI is InChI=1S/C41H73N3O10/c1-14-20(4)32-25(9)26(10)36(53-39-31(43-44-42)24(8)23(7)29(16-3)48-39)40(50-32)52-35-27(11)33(21(5)15-2)49-38(28(35)12)51-34-22(6)17-41(13,45)54-37(34)30-18-46-19-47-30/h20-40,45H,14-19H2,1-13H3/t20-,21-,22+,23-,24+,25-,26?,27+,28?,29?,30+,31?,32-,33?,34+,35-,36?,37?,38+,39+,40+,41-/m0/s1. The van der Waals surface area contributed by atoms with E-state index >= 15 is 0 Å². The van der Waals surface area contributed by atoms with E-state index in [-0.39, 0.29) is 84.7 Å². The van der Waals surface area contributed by atoms with E-state index in [9.17, 15) is 10.6 Å². The first-order chi connectivity index (χ1) is 25.6. The molecule has 0 amide bonds. The van der Waals surface area contributed by atoms with Crippen LogP contribution >= 0.6 is 0 Å². The van der Waals surface area contributed by atoms with Crippen molar-refractivity contribution >= 4 is 0 Å². The van der Waals surface area contributed by atoms with Gasteiger partial charge >= 0.3 is 0 Å². The average molecular weight is 768 g/mol. The predicted octanol–water partition coefficient (Wildman–Crippen LogP) is 7.82. The summed E-state index contributed by atoms with van der Waals surface area (Å²) in [4.78, 5) is 3.22. The maximum Gasteiger partial charge on any atom is 0.184 e. The van der Waals surface area contributed by atoms with Crippen LogP contribution in [0.3, 0.4) is 0 Å². The third-order valence-corrected chi connectivity index (χ3v) is 14.1. The molecule has 13 nitrogen and oxygen atoms in total. The maximum atomic E-state index is 11.0. The zero-order chi connectivity index (χ0) is 39.6. The molecule has 0 aromatic heterocycles. The summed E-state index contributed by atoms with van der Waals surface area (Å²) < 4.78 is 59.6. The van der Waals surface area contributed by atoms with E-state index in [1.165, 1.54) is 0 Å². The molecule has 0 spiro atoms. The van der Waals surface area contributed by atoms with Crippen LogP contribution in [0.25, 0.3) is 10.4 Å². The van der Waals surface area contributed by atoms with Crippen molar-refractivity contribution in [3.05, 3.63) is 10.4 Å². The summed E-state index contributed by atoms with van der Waals surface area (Å²) in [7, 11) is 0. The normalized spacial score (nSPS) is 49.9. The van der Waals surface area contributed by atoms with E-state index in [1.54, 1.807) is 6.92 Å². The molecule has 5 fully saturated rings. The fourth-order valence-corrected chi connectivity index (χ4v) is 9.92. The minimum absolute atomic E-state index is 0.00564. The van der Waals surface area contributed by atoms with Crippen molar-refractivity contribution in [3.8, 4) is 0 Å². The lowest BCUT2D eigenvalue weighted by atomic mass is 9.77. The van der Waals surface area contributed by atoms with Crippen LogP contribution < -0.4 is 0 Å². The highest BCUT2D eigenvalue weighted by Crippen LogP contribution is 2.45. The monoisotopic (exact) mass is 768 g/mol. The molecule has 5 aliphatic heterocycles. The van der Waals surface area contributed by atoms with Crippen molar-refractivity contribution in [2.24, 2.45) is 58.4 Å². The second-order valence-electron chi connectivity index (χ2n) is 17.9. The average Bonchev–Trinajstić information content (AvgIpc) is 3.68. The number of nitrogens with zero attached hydrogens (tertiary/aromatic N) is 3. The molecule has 0 bridgehead atoms. The highest BCUT2D eigenvalue weighted by Gasteiger charge is 2.54. The summed E-state index contributed by atoms with van der Waals surface area (Å²) in [6.07, 6.45) is -1.27. The van der Waals surface area contributed by atoms with Crippen LogP contribution in [0, 0.1) is 53.3 Å². The molecule has 13 heteroatoms. The quantitative estimate of drug-likeness (QED) is 0.112. The van der Waals surface area contributed by atoms with Crippen molar-refractivity contribution in [3.63, 3.8) is 0 Å². The third kappa shape index (κ3) is 9.28. The van der Waals surface area contributed by atoms with Gasteiger partial charge in [0.2, 0.25) is 0 Å². The van der Waals surface area contributed by atoms with Gasteiger partial charge in [0.1, 0.15) is 25.1 Å². The van der Waals surface area contributed by atoms with Crippen molar-refractivity contribution in [2.75, 3.05) is 13.4 Å². The number of aliphatic hydroxyl groups is 1. The van der Waals surface area contributed by atoms with Gasteiger partial charge in [-0.15, -0.1) is 0 Å². The van der Waals surface area contributed by atoms with E-state index in [1.807, 2.05) is 0 Å². The Morgan fingerprint density at radius 1 is 0.759 bits per heavy atom. The van der Waals surface area contributed by atoms with E-state index in [0.717, 1.165) is 19.3 Å². The van der Waals surface area contributed by atoms with Crippen molar-refractivity contribution < 1.29 is 47.7 Å². The van der Waals surface area contributed by atoms with Gasteiger partial charge in [-0.25, -0.2) is 0 Å². The first kappa shape index (κ1) is 44.0. The first-order valence-corrected chi connectivity index (χ1v) is 21.1. The fraction of sp³-hybridized carbons (Fsp3) is 1.00. The molecule has 0 aliphatic carbocycles. The summed E-state index contributed by atoms with van der Waals surface area (Å²) >= 11 is 0. The van der Waals surface area contributed by atoms with Gasteiger partial charge in [-0.2, -0.15) is 0 Å². The van der Waals surface area contributed by atoms with E-state index in [4.69, 9.17) is 42.6 Å². The molecule has 312 valence electrons. The zero-order valence-corrected chi connectivity index (χ0v) is 35.3. The van der Waals surface area contributed by atoms with Crippen LogP contribution in [0.15, 0.2) is 5.11 Å². The van der Waals surface area contributed by atoms with Crippen LogP contribution in [-0.4, -0.2) is 98.0 Å². The van der Waals surface area contributed by atoms with Gasteiger partial charge in [0, 0.05) is 23.2 Å². The van der Waals surface area contributed by atoms with Crippen molar-refractivity contribution in [1.29, 1.82) is 0 Å². The Labute approximate surface area is 324 Å². The van der Waals surface area contributed by atoms with E-state index < -0.39 is 49.0 Å². The fourth-order valence-electron chi connectivity index (χ4n) is 9.92. The molecule has 0 saturated carbocycles. The van der Waals surface area contributed by atoms with E-state index in [2.05, 4.69) is 93.1 Å². The Kier molecular flexibility index (Phi) is 15.2. The lowest BCUT2D eigenvalue weighted by Crippen LogP contribution is -2.62. The molecule has 5 aliphatic rings. The molecule has 22 atom stereocenters. The number of rotatable bonds is 13. The first-order valence-electron chi connectivity index (χ1n) is 21.1.